The molecule has 0 saturated carbocycles. The summed E-state index contributed by atoms with van der Waals surface area (Å²) in [5.41, 5.74) is 9.32. The maximum atomic E-state index is 4.22. The van der Waals surface area contributed by atoms with E-state index in [2.05, 4.69) is 65.9 Å². The summed E-state index contributed by atoms with van der Waals surface area (Å²) < 4.78 is 2.68. The van der Waals surface area contributed by atoms with E-state index in [4.69, 9.17) is 0 Å². The van der Waals surface area contributed by atoms with Gasteiger partial charge >= 0.3 is 152 Å². The maximum Gasteiger partial charge on any atom is -1.00 e. The van der Waals surface area contributed by atoms with Gasteiger partial charge in [-0.1, -0.05) is 0 Å². The number of imidazole rings is 1. The molecule has 125 valence electrons. The summed E-state index contributed by atoms with van der Waals surface area (Å²) in [6, 6.07) is 13.4. The van der Waals surface area contributed by atoms with Crippen LogP contribution in [-0.4, -0.2) is 9.55 Å². The molecule has 1 aliphatic carbocycles. The van der Waals surface area contributed by atoms with Gasteiger partial charge in [-0.05, 0) is 0 Å². The molecule has 0 fully saturated rings. The van der Waals surface area contributed by atoms with E-state index in [1.165, 1.54) is 39.1 Å². The van der Waals surface area contributed by atoms with Crippen LogP contribution in [0.3, 0.4) is 0 Å². The fourth-order valence-electron chi connectivity index (χ4n) is 3.14. The molecule has 1 unspecified atom stereocenters. The number of rotatable bonds is 2. The van der Waals surface area contributed by atoms with E-state index in [1.54, 1.807) is 24.7 Å². The van der Waals surface area contributed by atoms with E-state index in [-0.39, 0.29) is 24.8 Å². The SMILES string of the molecule is CC1=Cc2c(cc(-c3ccc(C)cc3)cc2-n2ccnc2)[CH]1[Zr+2].[Cl-].[Cl-]. The molecule has 1 atom stereocenters. The van der Waals surface area contributed by atoms with E-state index in [0.29, 0.717) is 3.63 Å². The van der Waals surface area contributed by atoms with Crippen molar-refractivity contribution in [2.45, 2.75) is 17.5 Å². The zero-order valence-corrected chi connectivity index (χ0v) is 18.0. The van der Waals surface area contributed by atoms with Crippen LogP contribution in [-0.2, 0) is 24.7 Å². The molecular formula is C20H17Cl2N2Zr. The largest absolute Gasteiger partial charge is 1.00 e. The molecule has 0 radical (unpaired) electrons. The molecule has 3 aromatic rings. The van der Waals surface area contributed by atoms with Gasteiger partial charge in [-0.2, -0.15) is 0 Å². The van der Waals surface area contributed by atoms with Crippen molar-refractivity contribution in [2.24, 2.45) is 0 Å². The molecule has 5 heteroatoms. The molecule has 0 aliphatic heterocycles. The van der Waals surface area contributed by atoms with E-state index in [9.17, 15) is 0 Å². The molecule has 1 aliphatic rings. The normalized spacial score (nSPS) is 15.0. The van der Waals surface area contributed by atoms with E-state index < -0.39 is 0 Å². The molecule has 0 saturated heterocycles. The first-order valence-electron chi connectivity index (χ1n) is 7.76. The Morgan fingerprint density at radius 2 is 1.72 bits per heavy atom. The van der Waals surface area contributed by atoms with E-state index >= 15 is 0 Å². The van der Waals surface area contributed by atoms with Gasteiger partial charge in [0.2, 0.25) is 0 Å². The fraction of sp³-hybridized carbons (Fsp3) is 0.150. The zero-order valence-electron chi connectivity index (χ0n) is 14.0. The monoisotopic (exact) mass is 445 g/mol. The molecule has 25 heavy (non-hydrogen) atoms. The van der Waals surface area contributed by atoms with Crippen LogP contribution in [0.2, 0.25) is 0 Å². The predicted molar refractivity (Wildman–Crippen MR) is 90.1 cm³/mol. The number of allylic oxidation sites excluding steroid dienone is 1. The average molecular weight is 448 g/mol. The van der Waals surface area contributed by atoms with Crippen LogP contribution in [0, 0.1) is 6.92 Å². The molecule has 4 rings (SSSR count). The Kier molecular flexibility index (Phi) is 6.48. The molecule has 1 heterocycles. The maximum absolute atomic E-state index is 4.22. The fourth-order valence-corrected chi connectivity index (χ4v) is 3.93. The molecule has 0 spiro atoms. The Morgan fingerprint density at radius 1 is 1.00 bits per heavy atom. The molecule has 2 nitrogen and oxygen atoms in total. The minimum absolute atomic E-state index is 0. The van der Waals surface area contributed by atoms with Gasteiger partial charge in [0.15, 0.2) is 0 Å². The second-order valence-corrected chi connectivity index (χ2v) is 7.57. The second kappa shape index (κ2) is 8.04. The van der Waals surface area contributed by atoms with Gasteiger partial charge in [0.25, 0.3) is 0 Å². The summed E-state index contributed by atoms with van der Waals surface area (Å²) in [6.45, 7) is 4.37. The van der Waals surface area contributed by atoms with Crippen molar-refractivity contribution in [3.8, 4) is 16.8 Å². The summed E-state index contributed by atoms with van der Waals surface area (Å²) in [5, 5.41) is 0. The number of hydrogen-bond acceptors (Lipinski definition) is 1. The summed E-state index contributed by atoms with van der Waals surface area (Å²) >= 11 is 1.55. The number of halogens is 2. The van der Waals surface area contributed by atoms with Crippen LogP contribution in [0.5, 0.6) is 0 Å². The Hall–Kier alpha value is -1.15. The third-order valence-electron chi connectivity index (χ3n) is 4.50. The summed E-state index contributed by atoms with van der Waals surface area (Å²) in [7, 11) is 0. The van der Waals surface area contributed by atoms with Crippen molar-refractivity contribution in [1.29, 1.82) is 0 Å². The Morgan fingerprint density at radius 3 is 2.36 bits per heavy atom. The van der Waals surface area contributed by atoms with Crippen LogP contribution < -0.4 is 24.8 Å². The van der Waals surface area contributed by atoms with Crippen LogP contribution in [0.25, 0.3) is 22.9 Å². The standard InChI is InChI=1S/C20H17N2.2ClH.Zr/c1-14-3-5-16(6-4-14)17-11-18-9-15(2)10-19(18)20(12-17)22-8-7-21-13-22;;;/h3-13H,1-2H3;2*1H;/q;;;+2/p-2. The third-order valence-corrected chi connectivity index (χ3v) is 6.38. The molecule has 2 aromatic carbocycles. The minimum atomic E-state index is 0. The molecule has 1 aromatic heterocycles. The van der Waals surface area contributed by atoms with Crippen LogP contribution in [0.4, 0.5) is 0 Å². The predicted octanol–water partition coefficient (Wildman–Crippen LogP) is -1.14. The first-order chi connectivity index (χ1) is 11.1. The first kappa shape index (κ1) is 20.2. The summed E-state index contributed by atoms with van der Waals surface area (Å²) in [4.78, 5) is 4.22. The number of aromatic nitrogens is 2. The van der Waals surface area contributed by atoms with Crippen molar-refractivity contribution in [1.82, 2.24) is 9.55 Å². The van der Waals surface area contributed by atoms with Gasteiger partial charge in [0.05, 0.1) is 0 Å². The zero-order chi connectivity index (χ0) is 16.0. The topological polar surface area (TPSA) is 17.8 Å². The average Bonchev–Trinajstić information content (AvgIpc) is 3.17. The Labute approximate surface area is 176 Å². The number of aryl methyl sites for hydroxylation is 1. The number of nitrogens with zero attached hydrogens (tertiary/aromatic N) is 2. The number of hydrogen-bond donors (Lipinski definition) is 0. The number of fused-ring (bicyclic) bond motifs is 1. The van der Waals surface area contributed by atoms with Gasteiger partial charge in [0, 0.05) is 0 Å². The molecular weight excluding hydrogens is 430 g/mol. The van der Waals surface area contributed by atoms with Gasteiger partial charge in [-0.15, -0.1) is 0 Å². The second-order valence-electron chi connectivity index (χ2n) is 6.16. The smallest absolute Gasteiger partial charge is 1.00 e. The van der Waals surface area contributed by atoms with E-state index in [0.717, 1.165) is 0 Å². The summed E-state index contributed by atoms with van der Waals surface area (Å²) in [6.07, 6.45) is 8.08. The quantitative estimate of drug-likeness (QED) is 0.486. The molecule has 0 N–H and O–H groups in total. The van der Waals surface area contributed by atoms with Crippen molar-refractivity contribution in [3.05, 3.63) is 77.4 Å². The van der Waals surface area contributed by atoms with Crippen LogP contribution in [0.15, 0.2) is 60.7 Å². The van der Waals surface area contributed by atoms with Crippen molar-refractivity contribution in [2.75, 3.05) is 0 Å². The van der Waals surface area contributed by atoms with Crippen molar-refractivity contribution in [3.63, 3.8) is 0 Å². The molecule has 0 amide bonds. The Balaban J connectivity index is 0.00000113. The van der Waals surface area contributed by atoms with Crippen molar-refractivity contribution >= 4 is 6.08 Å². The minimum Gasteiger partial charge on any atom is -1.00 e. The number of benzene rings is 2. The first-order valence-corrected chi connectivity index (χ1v) is 9.18. The van der Waals surface area contributed by atoms with Crippen LogP contribution in [0.1, 0.15) is 27.2 Å². The van der Waals surface area contributed by atoms with Crippen LogP contribution >= 0.6 is 0 Å². The summed E-state index contributed by atoms with van der Waals surface area (Å²) in [5.74, 6) is 0. The van der Waals surface area contributed by atoms with E-state index in [1.807, 2.05) is 18.7 Å². The van der Waals surface area contributed by atoms with Gasteiger partial charge in [-0.25, -0.2) is 0 Å². The van der Waals surface area contributed by atoms with Gasteiger partial charge in [-0.3, -0.25) is 0 Å². The van der Waals surface area contributed by atoms with Gasteiger partial charge < -0.3 is 24.8 Å². The Bertz CT molecular complexity index is 900. The molecule has 0 bridgehead atoms. The van der Waals surface area contributed by atoms with Gasteiger partial charge in [0.1, 0.15) is 0 Å². The third kappa shape index (κ3) is 3.70. The van der Waals surface area contributed by atoms with Crippen molar-refractivity contribution < 1.29 is 49.5 Å².